The van der Waals surface area contributed by atoms with Crippen LogP contribution in [-0.4, -0.2) is 56.1 Å². The lowest BCUT2D eigenvalue weighted by atomic mass is 10.1. The van der Waals surface area contributed by atoms with Gasteiger partial charge in [0.2, 0.25) is 5.75 Å². The van der Waals surface area contributed by atoms with E-state index in [1.165, 1.54) is 33.5 Å². The molecule has 0 aliphatic carbocycles. The number of hydrogen-bond donors (Lipinski definition) is 3. The summed E-state index contributed by atoms with van der Waals surface area (Å²) < 4.78 is 15.3. The zero-order valence-electron chi connectivity index (χ0n) is 11.9. The van der Waals surface area contributed by atoms with E-state index in [0.717, 1.165) is 0 Å². The third kappa shape index (κ3) is 3.54. The van der Waals surface area contributed by atoms with Crippen LogP contribution in [0.25, 0.3) is 0 Å². The van der Waals surface area contributed by atoms with Crippen molar-refractivity contribution in [3.05, 3.63) is 17.7 Å². The molecule has 1 rings (SSSR count). The summed E-state index contributed by atoms with van der Waals surface area (Å²) in [5.74, 6) is -1.37. The molecule has 21 heavy (non-hydrogen) atoms. The lowest BCUT2D eigenvalue weighted by Crippen LogP contribution is -2.43. The van der Waals surface area contributed by atoms with Crippen molar-refractivity contribution in [1.29, 1.82) is 0 Å². The number of benzene rings is 1. The van der Waals surface area contributed by atoms with E-state index in [0.29, 0.717) is 5.75 Å². The van der Waals surface area contributed by atoms with Gasteiger partial charge in [-0.2, -0.15) is 0 Å². The highest BCUT2D eigenvalue weighted by atomic mass is 16.5. The van der Waals surface area contributed by atoms with Crippen LogP contribution in [0.5, 0.6) is 17.2 Å². The molecule has 0 unspecified atom stereocenters. The number of carbonyl (C=O) groups is 2. The van der Waals surface area contributed by atoms with Crippen LogP contribution in [-0.2, 0) is 4.79 Å². The summed E-state index contributed by atoms with van der Waals surface area (Å²) in [6.45, 7) is -0.726. The molecule has 0 heterocycles. The summed E-state index contributed by atoms with van der Waals surface area (Å²) >= 11 is 0. The number of rotatable bonds is 7. The van der Waals surface area contributed by atoms with E-state index in [1.54, 1.807) is 0 Å². The fourth-order valence-electron chi connectivity index (χ4n) is 1.70. The Morgan fingerprint density at radius 1 is 1.14 bits per heavy atom. The zero-order valence-corrected chi connectivity index (χ0v) is 11.9. The lowest BCUT2D eigenvalue weighted by molar-refractivity contribution is -0.140. The average Bonchev–Trinajstić information content (AvgIpc) is 2.49. The largest absolute Gasteiger partial charge is 0.493 e. The van der Waals surface area contributed by atoms with Gasteiger partial charge in [0.05, 0.1) is 33.5 Å². The second-order valence-electron chi connectivity index (χ2n) is 3.93. The minimum atomic E-state index is -1.41. The number of aliphatic hydroxyl groups is 1. The summed E-state index contributed by atoms with van der Waals surface area (Å²) in [5, 5.41) is 19.9. The highest BCUT2D eigenvalue weighted by Gasteiger charge is 2.24. The number of aliphatic hydroxyl groups excluding tert-OH is 1. The highest BCUT2D eigenvalue weighted by molar-refractivity contribution is 6.00. The van der Waals surface area contributed by atoms with Gasteiger partial charge in [0.1, 0.15) is 0 Å². The van der Waals surface area contributed by atoms with Crippen molar-refractivity contribution in [1.82, 2.24) is 5.32 Å². The van der Waals surface area contributed by atoms with Crippen molar-refractivity contribution in [3.8, 4) is 17.2 Å². The second kappa shape index (κ2) is 7.34. The summed E-state index contributed by atoms with van der Waals surface area (Å²) in [4.78, 5) is 22.9. The third-order valence-corrected chi connectivity index (χ3v) is 2.73. The number of hydrogen-bond acceptors (Lipinski definition) is 6. The van der Waals surface area contributed by atoms with Gasteiger partial charge in [0.25, 0.3) is 5.91 Å². The SMILES string of the molecule is COc1ccc(C(=O)N[C@H](CO)C(=O)O)c(OC)c1OC. The first-order valence-corrected chi connectivity index (χ1v) is 5.93. The van der Waals surface area contributed by atoms with Crippen molar-refractivity contribution in [2.24, 2.45) is 0 Å². The Bertz CT molecular complexity index is 529. The van der Waals surface area contributed by atoms with Crippen LogP contribution in [0.4, 0.5) is 0 Å². The molecule has 8 nitrogen and oxygen atoms in total. The van der Waals surface area contributed by atoms with E-state index in [2.05, 4.69) is 5.32 Å². The van der Waals surface area contributed by atoms with Crippen molar-refractivity contribution in [3.63, 3.8) is 0 Å². The Labute approximate surface area is 121 Å². The van der Waals surface area contributed by atoms with E-state index in [9.17, 15) is 9.59 Å². The number of nitrogens with one attached hydrogen (secondary N) is 1. The molecule has 0 aliphatic heterocycles. The normalized spacial score (nSPS) is 11.4. The maximum absolute atomic E-state index is 12.1. The van der Waals surface area contributed by atoms with Crippen LogP contribution in [0.1, 0.15) is 10.4 Å². The van der Waals surface area contributed by atoms with Gasteiger partial charge in [-0.1, -0.05) is 0 Å². The van der Waals surface area contributed by atoms with E-state index < -0.39 is 24.5 Å². The molecule has 1 atom stereocenters. The van der Waals surface area contributed by atoms with E-state index in [1.807, 2.05) is 0 Å². The maximum atomic E-state index is 12.1. The molecule has 1 amide bonds. The Kier molecular flexibility index (Phi) is 5.79. The molecule has 116 valence electrons. The lowest BCUT2D eigenvalue weighted by Gasteiger charge is -2.17. The molecular formula is C13H17NO7. The third-order valence-electron chi connectivity index (χ3n) is 2.73. The van der Waals surface area contributed by atoms with Gasteiger partial charge in [0, 0.05) is 0 Å². The number of carbonyl (C=O) groups excluding carboxylic acids is 1. The Balaban J connectivity index is 3.18. The summed E-state index contributed by atoms with van der Waals surface area (Å²) in [5.41, 5.74) is 0.0647. The van der Waals surface area contributed by atoms with E-state index in [4.69, 9.17) is 24.4 Å². The van der Waals surface area contributed by atoms with Gasteiger partial charge in [-0.25, -0.2) is 4.79 Å². The Morgan fingerprint density at radius 2 is 1.76 bits per heavy atom. The fourth-order valence-corrected chi connectivity index (χ4v) is 1.70. The predicted octanol–water partition coefficient (Wildman–Crippen LogP) is -0.112. The molecule has 8 heteroatoms. The average molecular weight is 299 g/mol. The first kappa shape index (κ1) is 16.6. The van der Waals surface area contributed by atoms with E-state index >= 15 is 0 Å². The molecule has 0 saturated heterocycles. The summed E-state index contributed by atoms with van der Waals surface area (Å²) in [6, 6.07) is 1.49. The molecule has 0 aliphatic rings. The van der Waals surface area contributed by atoms with Gasteiger partial charge in [-0.15, -0.1) is 0 Å². The zero-order chi connectivity index (χ0) is 16.0. The quantitative estimate of drug-likeness (QED) is 0.643. The number of ether oxygens (including phenoxy) is 3. The topological polar surface area (TPSA) is 114 Å². The summed E-state index contributed by atoms with van der Waals surface area (Å²) in [6.07, 6.45) is 0. The predicted molar refractivity (Wildman–Crippen MR) is 72.1 cm³/mol. The molecule has 0 saturated carbocycles. The van der Waals surface area contributed by atoms with Gasteiger partial charge in [-0.3, -0.25) is 4.79 Å². The van der Waals surface area contributed by atoms with Crippen molar-refractivity contribution < 1.29 is 34.0 Å². The van der Waals surface area contributed by atoms with Crippen molar-refractivity contribution in [2.45, 2.75) is 6.04 Å². The van der Waals surface area contributed by atoms with Crippen LogP contribution in [0.2, 0.25) is 0 Å². The van der Waals surface area contributed by atoms with Gasteiger partial charge in [-0.05, 0) is 12.1 Å². The molecule has 3 N–H and O–H groups in total. The minimum absolute atomic E-state index is 0.0647. The molecule has 0 aromatic heterocycles. The van der Waals surface area contributed by atoms with Crippen LogP contribution < -0.4 is 19.5 Å². The van der Waals surface area contributed by atoms with Crippen LogP contribution in [0, 0.1) is 0 Å². The number of amides is 1. The molecular weight excluding hydrogens is 282 g/mol. The minimum Gasteiger partial charge on any atom is -0.493 e. The van der Waals surface area contributed by atoms with Gasteiger partial charge in [0.15, 0.2) is 17.5 Å². The Morgan fingerprint density at radius 3 is 2.19 bits per heavy atom. The Hall–Kier alpha value is -2.48. The standard InChI is InChI=1S/C13H17NO7/c1-19-9-5-4-7(10(20-2)11(9)21-3)12(16)14-8(6-15)13(17)18/h4-5,8,15H,6H2,1-3H3,(H,14,16)(H,17,18)/t8-/m1/s1. The molecule has 0 bridgehead atoms. The van der Waals surface area contributed by atoms with E-state index in [-0.39, 0.29) is 17.1 Å². The second-order valence-corrected chi connectivity index (χ2v) is 3.93. The summed E-state index contributed by atoms with van der Waals surface area (Å²) in [7, 11) is 4.16. The number of methoxy groups -OCH3 is 3. The fraction of sp³-hybridized carbons (Fsp3) is 0.385. The number of carboxylic acids is 1. The molecule has 0 spiro atoms. The number of carboxylic acid groups (broad SMARTS) is 1. The maximum Gasteiger partial charge on any atom is 0.328 e. The van der Waals surface area contributed by atoms with Gasteiger partial charge < -0.3 is 29.7 Å². The monoisotopic (exact) mass is 299 g/mol. The molecule has 1 aromatic carbocycles. The van der Waals surface area contributed by atoms with Gasteiger partial charge >= 0.3 is 5.97 Å². The molecule has 0 fully saturated rings. The first-order valence-electron chi connectivity index (χ1n) is 5.93. The van der Waals surface area contributed by atoms with Crippen molar-refractivity contribution >= 4 is 11.9 Å². The highest BCUT2D eigenvalue weighted by Crippen LogP contribution is 2.39. The number of aliphatic carboxylic acids is 1. The van der Waals surface area contributed by atoms with Crippen LogP contribution >= 0.6 is 0 Å². The molecule has 0 radical (unpaired) electrons. The molecule has 1 aromatic rings. The smallest absolute Gasteiger partial charge is 0.328 e. The van der Waals surface area contributed by atoms with Crippen LogP contribution in [0.3, 0.4) is 0 Å². The first-order chi connectivity index (χ1) is 9.99. The van der Waals surface area contributed by atoms with Crippen LogP contribution in [0.15, 0.2) is 12.1 Å². The van der Waals surface area contributed by atoms with Crippen molar-refractivity contribution in [2.75, 3.05) is 27.9 Å².